The fraction of sp³-hybridized carbons (Fsp3) is 0.639. The van der Waals surface area contributed by atoms with Crippen molar-refractivity contribution in [2.24, 2.45) is 5.41 Å². The van der Waals surface area contributed by atoms with Crippen LogP contribution in [0.15, 0.2) is 47.4 Å². The summed E-state index contributed by atoms with van der Waals surface area (Å²) in [6, 6.07) is 12.7. The molecule has 3 rings (SSSR count). The van der Waals surface area contributed by atoms with E-state index in [0.29, 0.717) is 76.9 Å². The number of sulfone groups is 1. The van der Waals surface area contributed by atoms with Crippen LogP contribution in [0.25, 0.3) is 0 Å². The third kappa shape index (κ3) is 11.5. The maximum atomic E-state index is 13.9. The monoisotopic (exact) mass is 692 g/mol. The molecule has 0 aromatic heterocycles. The Kier molecular flexibility index (Phi) is 16.8. The van der Waals surface area contributed by atoms with Gasteiger partial charge in [0.05, 0.1) is 82.6 Å². The number of rotatable bonds is 22. The summed E-state index contributed by atoms with van der Waals surface area (Å²) in [4.78, 5) is 15.0. The van der Waals surface area contributed by atoms with Crippen LogP contribution >= 0.6 is 0 Å². The second-order valence-corrected chi connectivity index (χ2v) is 14.4. The van der Waals surface area contributed by atoms with Crippen molar-refractivity contribution in [1.82, 2.24) is 0 Å². The average molecular weight is 693 g/mol. The summed E-state index contributed by atoms with van der Waals surface area (Å²) in [7, 11) is 1.75. The number of unbranched alkanes of at least 4 members (excludes halogenated alkanes) is 1. The third-order valence-corrected chi connectivity index (χ3v) is 10.9. The van der Waals surface area contributed by atoms with Crippen molar-refractivity contribution in [1.29, 1.82) is 0 Å². The molecule has 48 heavy (non-hydrogen) atoms. The first-order valence-corrected chi connectivity index (χ1v) is 18.7. The Balaban J connectivity index is 1.63. The first kappa shape index (κ1) is 39.9. The van der Waals surface area contributed by atoms with Crippen LogP contribution in [0.1, 0.15) is 63.0 Å². The molecule has 0 spiro atoms. The molecule has 0 fully saturated rings. The van der Waals surface area contributed by atoms with Gasteiger partial charge in [0.25, 0.3) is 0 Å². The number of carbonyl (C=O) groups excluding carboxylic acids is 1. The summed E-state index contributed by atoms with van der Waals surface area (Å²) in [6.45, 7) is 8.04. The van der Waals surface area contributed by atoms with E-state index >= 15 is 0 Å². The van der Waals surface area contributed by atoms with E-state index in [0.717, 1.165) is 24.1 Å². The molecular weight excluding hydrogens is 636 g/mol. The van der Waals surface area contributed by atoms with E-state index in [4.69, 9.17) is 23.7 Å². The first-order valence-electron chi connectivity index (χ1n) is 17.0. The van der Waals surface area contributed by atoms with Crippen LogP contribution in [0.2, 0.25) is 0 Å². The maximum Gasteiger partial charge on any atom is 0.226 e. The van der Waals surface area contributed by atoms with Gasteiger partial charge in [0, 0.05) is 43.9 Å². The van der Waals surface area contributed by atoms with E-state index in [1.165, 1.54) is 0 Å². The Morgan fingerprint density at radius 2 is 1.54 bits per heavy atom. The normalized spacial score (nSPS) is 20.2. The molecule has 0 aliphatic carbocycles. The van der Waals surface area contributed by atoms with Crippen LogP contribution in [0, 0.1) is 5.41 Å². The average Bonchev–Trinajstić information content (AvgIpc) is 3.13. The zero-order chi connectivity index (χ0) is 35.0. The number of ether oxygens (including phenoxy) is 5. The molecule has 2 aromatic rings. The Morgan fingerprint density at radius 3 is 2.12 bits per heavy atom. The Labute approximate surface area is 287 Å². The minimum Gasteiger partial charge on any atom is -0.392 e. The number of hydrogen-bond donors (Lipinski definition) is 2. The van der Waals surface area contributed by atoms with Gasteiger partial charge in [0.1, 0.15) is 0 Å². The second kappa shape index (κ2) is 20.2. The lowest BCUT2D eigenvalue weighted by atomic mass is 9.69. The summed E-state index contributed by atoms with van der Waals surface area (Å²) in [5.41, 5.74) is 1.94. The minimum absolute atomic E-state index is 0.108. The minimum atomic E-state index is -3.69. The predicted molar refractivity (Wildman–Crippen MR) is 188 cm³/mol. The number of aliphatic hydroxyl groups is 1. The fourth-order valence-corrected chi connectivity index (χ4v) is 8.36. The van der Waals surface area contributed by atoms with Crippen molar-refractivity contribution in [3.63, 3.8) is 0 Å². The van der Waals surface area contributed by atoms with Crippen molar-refractivity contribution >= 4 is 27.1 Å². The number of anilines is 2. The Hall–Kier alpha value is -2.58. The highest BCUT2D eigenvalue weighted by Crippen LogP contribution is 2.49. The van der Waals surface area contributed by atoms with Gasteiger partial charge in [-0.2, -0.15) is 0 Å². The summed E-state index contributed by atoms with van der Waals surface area (Å²) >= 11 is 0. The largest absolute Gasteiger partial charge is 0.392 e. The number of aliphatic hydroxyl groups excluding tert-OH is 1. The van der Waals surface area contributed by atoms with Gasteiger partial charge < -0.3 is 39.0 Å². The van der Waals surface area contributed by atoms with Crippen LogP contribution in [0.4, 0.5) is 11.4 Å². The molecule has 3 atom stereocenters. The van der Waals surface area contributed by atoms with Crippen molar-refractivity contribution in [3.05, 3.63) is 53.6 Å². The lowest BCUT2D eigenvalue weighted by Gasteiger charge is -2.39. The van der Waals surface area contributed by atoms with Gasteiger partial charge >= 0.3 is 0 Å². The highest BCUT2D eigenvalue weighted by molar-refractivity contribution is 7.91. The number of carbonyl (C=O) groups is 1. The third-order valence-electron chi connectivity index (χ3n) is 8.88. The molecule has 270 valence electrons. The molecule has 3 unspecified atom stereocenters. The Bertz CT molecular complexity index is 1370. The van der Waals surface area contributed by atoms with Crippen LogP contribution in [0.5, 0.6) is 0 Å². The SMILES string of the molecule is CCCCC1(CC)CS(=O)(=O)c2ccc(N(C)C)cc2C(c2cccc(NC(=O)CCOCCOCCOCCOCCOC)c2)C1O. The highest BCUT2D eigenvalue weighted by atomic mass is 32.2. The number of amides is 1. The molecule has 0 bridgehead atoms. The van der Waals surface area contributed by atoms with Crippen molar-refractivity contribution in [2.75, 3.05) is 96.6 Å². The number of nitrogens with zero attached hydrogens (tertiary/aromatic N) is 1. The fourth-order valence-electron chi connectivity index (χ4n) is 6.11. The molecule has 0 saturated carbocycles. The lowest BCUT2D eigenvalue weighted by molar-refractivity contribution is -0.117. The summed E-state index contributed by atoms with van der Waals surface area (Å²) in [5, 5.41) is 15.2. The molecular formula is C36H56N2O9S. The molecule has 11 nitrogen and oxygen atoms in total. The molecule has 2 N–H and O–H groups in total. The molecule has 1 heterocycles. The lowest BCUT2D eigenvalue weighted by Crippen LogP contribution is -2.42. The van der Waals surface area contributed by atoms with Crippen LogP contribution in [-0.4, -0.2) is 112 Å². The van der Waals surface area contributed by atoms with E-state index in [2.05, 4.69) is 12.2 Å². The van der Waals surface area contributed by atoms with Crippen LogP contribution in [-0.2, 0) is 38.3 Å². The molecule has 2 aromatic carbocycles. The molecule has 12 heteroatoms. The number of nitrogens with one attached hydrogen (secondary N) is 1. The predicted octanol–water partition coefficient (Wildman–Crippen LogP) is 4.66. The number of hydrogen-bond acceptors (Lipinski definition) is 10. The van der Waals surface area contributed by atoms with Crippen molar-refractivity contribution < 1.29 is 42.0 Å². The quantitative estimate of drug-likeness (QED) is 0.168. The summed E-state index contributed by atoms with van der Waals surface area (Å²) < 4.78 is 54.6. The van der Waals surface area contributed by atoms with E-state index in [9.17, 15) is 18.3 Å². The molecule has 1 aliphatic rings. The van der Waals surface area contributed by atoms with Gasteiger partial charge in [0.2, 0.25) is 5.91 Å². The maximum absolute atomic E-state index is 13.9. The van der Waals surface area contributed by atoms with E-state index in [-0.39, 0.29) is 29.6 Å². The first-order chi connectivity index (χ1) is 23.1. The van der Waals surface area contributed by atoms with Gasteiger partial charge in [0.15, 0.2) is 9.84 Å². The van der Waals surface area contributed by atoms with Crippen LogP contribution < -0.4 is 10.2 Å². The zero-order valence-corrected chi connectivity index (χ0v) is 30.2. The Morgan fingerprint density at radius 1 is 0.917 bits per heavy atom. The van der Waals surface area contributed by atoms with Crippen molar-refractivity contribution in [2.45, 2.75) is 62.9 Å². The van der Waals surface area contributed by atoms with Gasteiger partial charge in [-0.25, -0.2) is 8.42 Å². The number of methoxy groups -OCH3 is 1. The molecule has 0 radical (unpaired) electrons. The van der Waals surface area contributed by atoms with Gasteiger partial charge in [-0.3, -0.25) is 4.79 Å². The molecule has 1 aliphatic heterocycles. The van der Waals surface area contributed by atoms with Gasteiger partial charge in [-0.15, -0.1) is 0 Å². The number of fused-ring (bicyclic) bond motifs is 1. The standard InChI is InChI=1S/C36H56N2O9S/c1-6-8-15-36(7-2)27-48(41,42)32-13-12-30(38(3)4)26-31(32)34(35(36)40)28-10-9-11-29(25-28)37-33(39)14-16-44-19-20-46-23-24-47-22-21-45-18-17-43-5/h9-13,25-26,34-35,40H,6-8,14-24,27H2,1-5H3,(H,37,39). The van der Waals surface area contributed by atoms with E-state index in [1.54, 1.807) is 19.2 Å². The number of benzene rings is 2. The van der Waals surface area contributed by atoms with Gasteiger partial charge in [-0.05, 0) is 54.3 Å². The van der Waals surface area contributed by atoms with Gasteiger partial charge in [-0.1, -0.05) is 38.8 Å². The molecule has 1 amide bonds. The molecule has 0 saturated heterocycles. The van der Waals surface area contributed by atoms with Crippen molar-refractivity contribution in [3.8, 4) is 0 Å². The van der Waals surface area contributed by atoms with Crippen LogP contribution in [0.3, 0.4) is 0 Å². The zero-order valence-electron chi connectivity index (χ0n) is 29.4. The second-order valence-electron chi connectivity index (χ2n) is 12.5. The summed E-state index contributed by atoms with van der Waals surface area (Å²) in [6.07, 6.45) is 2.06. The van der Waals surface area contributed by atoms with E-state index < -0.39 is 27.3 Å². The summed E-state index contributed by atoms with van der Waals surface area (Å²) in [5.74, 6) is -0.920. The van der Waals surface area contributed by atoms with E-state index in [1.807, 2.05) is 56.3 Å². The smallest absolute Gasteiger partial charge is 0.226 e. The topological polar surface area (TPSA) is 133 Å². The highest BCUT2D eigenvalue weighted by Gasteiger charge is 2.49.